The Balaban J connectivity index is 1.93. The van der Waals surface area contributed by atoms with Gasteiger partial charge in [0.2, 0.25) is 5.91 Å². The SMILES string of the molecule is CSCCC(C(=O)NC1CCCCCCC1)n1cccc1. The molecule has 3 nitrogen and oxygen atoms in total. The summed E-state index contributed by atoms with van der Waals surface area (Å²) in [5, 5.41) is 3.31. The fourth-order valence-corrected chi connectivity index (χ4v) is 3.56. The van der Waals surface area contributed by atoms with Crippen LogP contribution in [0.4, 0.5) is 0 Å². The Morgan fingerprint density at radius 2 is 1.81 bits per heavy atom. The third-order valence-electron chi connectivity index (χ3n) is 4.34. The van der Waals surface area contributed by atoms with Gasteiger partial charge in [-0.15, -0.1) is 0 Å². The van der Waals surface area contributed by atoms with E-state index in [-0.39, 0.29) is 11.9 Å². The van der Waals surface area contributed by atoms with E-state index in [2.05, 4.69) is 16.1 Å². The molecule has 0 aliphatic heterocycles. The van der Waals surface area contributed by atoms with Crippen LogP contribution in [-0.2, 0) is 4.79 Å². The van der Waals surface area contributed by atoms with Gasteiger partial charge in [0.15, 0.2) is 0 Å². The number of rotatable bonds is 6. The lowest BCUT2D eigenvalue weighted by molar-refractivity contribution is -0.125. The second-order valence-corrected chi connectivity index (χ2v) is 6.96. The average molecular weight is 308 g/mol. The van der Waals surface area contributed by atoms with E-state index >= 15 is 0 Å². The zero-order valence-corrected chi connectivity index (χ0v) is 13.9. The second-order valence-electron chi connectivity index (χ2n) is 5.98. The van der Waals surface area contributed by atoms with Crippen molar-refractivity contribution in [1.82, 2.24) is 9.88 Å². The molecule has 1 fully saturated rings. The maximum absolute atomic E-state index is 12.7. The van der Waals surface area contributed by atoms with E-state index in [1.807, 2.05) is 24.5 Å². The zero-order chi connectivity index (χ0) is 14.9. The molecule has 1 heterocycles. The van der Waals surface area contributed by atoms with E-state index in [1.54, 1.807) is 11.8 Å². The van der Waals surface area contributed by atoms with Crippen LogP contribution in [0.2, 0.25) is 0 Å². The smallest absolute Gasteiger partial charge is 0.243 e. The summed E-state index contributed by atoms with van der Waals surface area (Å²) in [5.41, 5.74) is 0. The lowest BCUT2D eigenvalue weighted by atomic mass is 9.96. The summed E-state index contributed by atoms with van der Waals surface area (Å²) in [6.45, 7) is 0. The van der Waals surface area contributed by atoms with Crippen molar-refractivity contribution in [3.8, 4) is 0 Å². The zero-order valence-electron chi connectivity index (χ0n) is 13.1. The second kappa shape index (κ2) is 9.19. The van der Waals surface area contributed by atoms with Crippen LogP contribution in [0.3, 0.4) is 0 Å². The molecule has 0 saturated heterocycles. The summed E-state index contributed by atoms with van der Waals surface area (Å²) in [4.78, 5) is 12.7. The number of nitrogens with zero attached hydrogens (tertiary/aromatic N) is 1. The monoisotopic (exact) mass is 308 g/mol. The van der Waals surface area contributed by atoms with Gasteiger partial charge in [0.05, 0.1) is 0 Å². The number of aromatic nitrogens is 1. The number of thioether (sulfide) groups is 1. The lowest BCUT2D eigenvalue weighted by Crippen LogP contribution is -2.40. The van der Waals surface area contributed by atoms with Crippen LogP contribution in [0.5, 0.6) is 0 Å². The number of hydrogen-bond donors (Lipinski definition) is 1. The first-order chi connectivity index (χ1) is 10.3. The van der Waals surface area contributed by atoms with Gasteiger partial charge in [-0.2, -0.15) is 11.8 Å². The van der Waals surface area contributed by atoms with E-state index < -0.39 is 0 Å². The van der Waals surface area contributed by atoms with Crippen molar-refractivity contribution in [2.24, 2.45) is 0 Å². The van der Waals surface area contributed by atoms with E-state index in [4.69, 9.17) is 0 Å². The summed E-state index contributed by atoms with van der Waals surface area (Å²) in [6.07, 6.45) is 15.8. The predicted molar refractivity (Wildman–Crippen MR) is 90.7 cm³/mol. The van der Waals surface area contributed by atoms with Crippen molar-refractivity contribution in [1.29, 1.82) is 0 Å². The van der Waals surface area contributed by atoms with Gasteiger partial charge in [0, 0.05) is 18.4 Å². The van der Waals surface area contributed by atoms with Crippen molar-refractivity contribution >= 4 is 17.7 Å². The molecule has 1 aromatic heterocycles. The van der Waals surface area contributed by atoms with Gasteiger partial charge < -0.3 is 9.88 Å². The molecule has 0 radical (unpaired) electrons. The molecular weight excluding hydrogens is 280 g/mol. The molecule has 0 aromatic carbocycles. The Labute approximate surface area is 132 Å². The van der Waals surface area contributed by atoms with E-state index in [0.717, 1.165) is 25.0 Å². The van der Waals surface area contributed by atoms with Crippen LogP contribution < -0.4 is 5.32 Å². The van der Waals surface area contributed by atoms with Crippen LogP contribution in [0, 0.1) is 0 Å². The molecule has 1 N–H and O–H groups in total. The molecule has 0 spiro atoms. The highest BCUT2D eigenvalue weighted by atomic mass is 32.2. The summed E-state index contributed by atoms with van der Waals surface area (Å²) < 4.78 is 2.05. The molecule has 4 heteroatoms. The molecular formula is C17H28N2OS. The normalized spacial score (nSPS) is 18.7. The molecule has 1 unspecified atom stereocenters. The van der Waals surface area contributed by atoms with Crippen molar-refractivity contribution < 1.29 is 4.79 Å². The minimum atomic E-state index is -0.0575. The minimum absolute atomic E-state index is 0.0575. The number of carbonyl (C=O) groups excluding carboxylic acids is 1. The van der Waals surface area contributed by atoms with Crippen LogP contribution in [0.15, 0.2) is 24.5 Å². The van der Waals surface area contributed by atoms with E-state index in [1.165, 1.54) is 32.1 Å². The number of carbonyl (C=O) groups is 1. The van der Waals surface area contributed by atoms with Gasteiger partial charge in [-0.3, -0.25) is 4.79 Å². The lowest BCUT2D eigenvalue weighted by Gasteiger charge is -2.25. The van der Waals surface area contributed by atoms with Crippen LogP contribution in [0.1, 0.15) is 57.4 Å². The standard InChI is InChI=1S/C17H28N2OS/c1-21-14-11-16(19-12-7-8-13-19)17(20)18-15-9-5-3-2-4-6-10-15/h7-8,12-13,15-16H,2-6,9-11,14H2,1H3,(H,18,20). The first-order valence-electron chi connectivity index (χ1n) is 8.23. The highest BCUT2D eigenvalue weighted by molar-refractivity contribution is 7.98. The molecule has 21 heavy (non-hydrogen) atoms. The maximum Gasteiger partial charge on any atom is 0.243 e. The quantitative estimate of drug-likeness (QED) is 0.861. The van der Waals surface area contributed by atoms with E-state index in [0.29, 0.717) is 6.04 Å². The minimum Gasteiger partial charge on any atom is -0.352 e. The molecule has 1 amide bonds. The topological polar surface area (TPSA) is 34.0 Å². The Morgan fingerprint density at radius 1 is 1.19 bits per heavy atom. The Bertz CT molecular complexity index is 397. The molecule has 1 saturated carbocycles. The summed E-state index contributed by atoms with van der Waals surface area (Å²) in [5.74, 6) is 1.21. The molecule has 1 aliphatic carbocycles. The summed E-state index contributed by atoms with van der Waals surface area (Å²) in [7, 11) is 0. The third-order valence-corrected chi connectivity index (χ3v) is 4.98. The average Bonchev–Trinajstić information content (AvgIpc) is 2.96. The van der Waals surface area contributed by atoms with E-state index in [9.17, 15) is 4.79 Å². The predicted octanol–water partition coefficient (Wildman–Crippen LogP) is 4.01. The summed E-state index contributed by atoms with van der Waals surface area (Å²) in [6, 6.07) is 4.31. The Hall–Kier alpha value is -0.900. The molecule has 1 aliphatic rings. The largest absolute Gasteiger partial charge is 0.352 e. The van der Waals surface area contributed by atoms with Crippen molar-refractivity contribution in [2.45, 2.75) is 63.5 Å². The first-order valence-corrected chi connectivity index (χ1v) is 9.62. The van der Waals surface area contributed by atoms with Crippen LogP contribution >= 0.6 is 11.8 Å². The summed E-state index contributed by atoms with van der Waals surface area (Å²) >= 11 is 1.80. The van der Waals surface area contributed by atoms with Gasteiger partial charge in [0.1, 0.15) is 6.04 Å². The third kappa shape index (κ3) is 5.42. The van der Waals surface area contributed by atoms with Gasteiger partial charge in [0.25, 0.3) is 0 Å². The molecule has 1 atom stereocenters. The van der Waals surface area contributed by atoms with Crippen LogP contribution in [0.25, 0.3) is 0 Å². The number of hydrogen-bond acceptors (Lipinski definition) is 2. The highest BCUT2D eigenvalue weighted by Gasteiger charge is 2.22. The molecule has 1 aromatic rings. The highest BCUT2D eigenvalue weighted by Crippen LogP contribution is 2.20. The molecule has 2 rings (SSSR count). The van der Waals surface area contributed by atoms with Gasteiger partial charge in [-0.05, 0) is 43.4 Å². The number of amides is 1. The number of nitrogens with one attached hydrogen (secondary N) is 1. The van der Waals surface area contributed by atoms with Crippen molar-refractivity contribution in [3.63, 3.8) is 0 Å². The first kappa shape index (κ1) is 16.5. The maximum atomic E-state index is 12.7. The van der Waals surface area contributed by atoms with Gasteiger partial charge in [-0.25, -0.2) is 0 Å². The fourth-order valence-electron chi connectivity index (χ4n) is 3.10. The van der Waals surface area contributed by atoms with Crippen molar-refractivity contribution in [2.75, 3.05) is 12.0 Å². The van der Waals surface area contributed by atoms with Gasteiger partial charge >= 0.3 is 0 Å². The van der Waals surface area contributed by atoms with Crippen molar-refractivity contribution in [3.05, 3.63) is 24.5 Å². The fraction of sp³-hybridized carbons (Fsp3) is 0.706. The van der Waals surface area contributed by atoms with Crippen LogP contribution in [-0.4, -0.2) is 28.5 Å². The Morgan fingerprint density at radius 3 is 2.43 bits per heavy atom. The Kier molecular flexibility index (Phi) is 7.20. The molecule has 118 valence electrons. The van der Waals surface area contributed by atoms with Gasteiger partial charge in [-0.1, -0.05) is 32.1 Å². The molecule has 0 bridgehead atoms.